The van der Waals surface area contributed by atoms with Crippen LogP contribution in [-0.2, 0) is 38.2 Å². The van der Waals surface area contributed by atoms with Crippen LogP contribution in [-0.4, -0.2) is 72.2 Å². The quantitative estimate of drug-likeness (QED) is 0.227. The molecule has 0 aromatic heterocycles. The molecule has 282 valence electrons. The lowest BCUT2D eigenvalue weighted by Gasteiger charge is -2.61. The van der Waals surface area contributed by atoms with E-state index in [9.17, 15) is 34.2 Å². The van der Waals surface area contributed by atoms with Crippen LogP contribution in [0, 0.1) is 69.5 Å². The Bertz CT molecular complexity index is 1530. The minimum Gasteiger partial charge on any atom is -0.469 e. The maximum absolute atomic E-state index is 14.0. The lowest BCUT2D eigenvalue weighted by molar-refractivity contribution is -0.193. The summed E-state index contributed by atoms with van der Waals surface area (Å²) in [6.45, 7) is 12.0. The van der Waals surface area contributed by atoms with Gasteiger partial charge in [0.2, 0.25) is 0 Å². The molecule has 6 saturated carbocycles. The van der Waals surface area contributed by atoms with E-state index in [1.807, 2.05) is 27.7 Å². The van der Waals surface area contributed by atoms with Crippen molar-refractivity contribution in [2.45, 2.75) is 118 Å². The number of carbonyl (C=O) groups is 5. The van der Waals surface area contributed by atoms with E-state index >= 15 is 0 Å². The lowest BCUT2D eigenvalue weighted by Crippen LogP contribution is -2.65. The van der Waals surface area contributed by atoms with Gasteiger partial charge in [-0.2, -0.15) is 0 Å². The Labute approximate surface area is 302 Å². The van der Waals surface area contributed by atoms with Gasteiger partial charge in [0.25, 0.3) is 0 Å². The largest absolute Gasteiger partial charge is 0.469 e. The molecule has 2 unspecified atom stereocenters. The van der Waals surface area contributed by atoms with E-state index in [-0.39, 0.29) is 58.4 Å². The zero-order valence-corrected chi connectivity index (χ0v) is 31.6. The third kappa shape index (κ3) is 5.76. The number of hydrogen-bond donors (Lipinski definition) is 2. The van der Waals surface area contributed by atoms with Crippen LogP contribution >= 0.6 is 0 Å². The molecule has 0 spiro atoms. The molecule has 0 aromatic rings. The van der Waals surface area contributed by atoms with Gasteiger partial charge in [-0.25, -0.2) is 9.59 Å². The van der Waals surface area contributed by atoms with Gasteiger partial charge in [0.15, 0.2) is 11.6 Å². The highest BCUT2D eigenvalue weighted by atomic mass is 16.5. The molecule has 0 saturated heterocycles. The van der Waals surface area contributed by atoms with E-state index in [2.05, 4.69) is 13.8 Å². The van der Waals surface area contributed by atoms with Crippen LogP contribution in [0.25, 0.3) is 0 Å². The SMILES string of the molecule is COC(=O)/C=C1\CC[C@H]2[C@@H]([C@@H](O)C(=O)C3[C@H](C)[C@@H](OC(=O)/C=C4\CC[C@H]5[C@@H]([C@@H](O)C(=O)C6[C@]5(C)CCC[C@]6(C)C(=O)OC)[C@H]4C)CC[C@@]32C)[C@H]1C. The maximum atomic E-state index is 14.0. The number of fused-ring (bicyclic) bond motifs is 6. The average molecular weight is 711 g/mol. The van der Waals surface area contributed by atoms with Crippen LogP contribution in [0.15, 0.2) is 23.3 Å². The Morgan fingerprint density at radius 2 is 1.27 bits per heavy atom. The van der Waals surface area contributed by atoms with Crippen molar-refractivity contribution >= 4 is 29.5 Å². The Kier molecular flexibility index (Phi) is 10.1. The number of ketones is 2. The number of esters is 3. The average Bonchev–Trinajstić information content (AvgIpc) is 3.08. The molecular weight excluding hydrogens is 652 g/mol. The first-order valence-electron chi connectivity index (χ1n) is 19.2. The number of aliphatic hydroxyl groups excluding tert-OH is 2. The summed E-state index contributed by atoms with van der Waals surface area (Å²) in [5, 5.41) is 23.0. The summed E-state index contributed by atoms with van der Waals surface area (Å²) in [4.78, 5) is 66.6. The molecule has 10 nitrogen and oxygen atoms in total. The minimum absolute atomic E-state index is 0.000745. The van der Waals surface area contributed by atoms with Crippen molar-refractivity contribution in [1.29, 1.82) is 0 Å². The third-order valence-electron chi connectivity index (χ3n) is 15.6. The van der Waals surface area contributed by atoms with Crippen molar-refractivity contribution in [2.24, 2.45) is 69.5 Å². The summed E-state index contributed by atoms with van der Waals surface area (Å²) in [5.74, 6) is -4.20. The van der Waals surface area contributed by atoms with Gasteiger partial charge in [-0.1, -0.05) is 52.2 Å². The van der Waals surface area contributed by atoms with Crippen molar-refractivity contribution in [3.8, 4) is 0 Å². The van der Waals surface area contributed by atoms with Gasteiger partial charge in [-0.3, -0.25) is 14.4 Å². The Morgan fingerprint density at radius 1 is 0.725 bits per heavy atom. The fourth-order valence-corrected chi connectivity index (χ4v) is 13.1. The highest BCUT2D eigenvalue weighted by Gasteiger charge is 2.66. The summed E-state index contributed by atoms with van der Waals surface area (Å²) < 4.78 is 16.1. The molecule has 51 heavy (non-hydrogen) atoms. The van der Waals surface area contributed by atoms with Crippen molar-refractivity contribution in [1.82, 2.24) is 0 Å². The number of ether oxygens (including phenoxy) is 3. The minimum atomic E-state index is -1.25. The fraction of sp³-hybridized carbons (Fsp3) is 0.780. The van der Waals surface area contributed by atoms with Crippen LogP contribution in [0.5, 0.6) is 0 Å². The highest BCUT2D eigenvalue weighted by molar-refractivity contribution is 5.94. The zero-order chi connectivity index (χ0) is 37.4. The van der Waals surface area contributed by atoms with E-state index < -0.39 is 58.9 Å². The molecule has 6 rings (SSSR count). The molecule has 2 N–H and O–H groups in total. The molecule has 0 aromatic carbocycles. The molecule has 6 aliphatic carbocycles. The molecule has 0 amide bonds. The van der Waals surface area contributed by atoms with Crippen molar-refractivity contribution in [3.05, 3.63) is 23.3 Å². The first-order chi connectivity index (χ1) is 24.0. The van der Waals surface area contributed by atoms with E-state index in [1.54, 1.807) is 0 Å². The second-order valence-electron chi connectivity index (χ2n) is 17.7. The molecule has 0 heterocycles. The van der Waals surface area contributed by atoms with Crippen molar-refractivity contribution in [3.63, 3.8) is 0 Å². The summed E-state index contributed by atoms with van der Waals surface area (Å²) in [6.07, 6.45) is 6.30. The van der Waals surface area contributed by atoms with Gasteiger partial charge in [-0.15, -0.1) is 0 Å². The summed E-state index contributed by atoms with van der Waals surface area (Å²) in [6, 6.07) is 0. The van der Waals surface area contributed by atoms with Crippen LogP contribution in [0.1, 0.15) is 99.3 Å². The van der Waals surface area contributed by atoms with E-state index in [0.717, 1.165) is 30.4 Å². The monoisotopic (exact) mass is 710 g/mol. The van der Waals surface area contributed by atoms with Crippen LogP contribution in [0.4, 0.5) is 0 Å². The number of carbonyl (C=O) groups excluding carboxylic acids is 5. The zero-order valence-electron chi connectivity index (χ0n) is 31.6. The molecule has 0 bridgehead atoms. The smallest absolute Gasteiger partial charge is 0.330 e. The topological polar surface area (TPSA) is 154 Å². The number of Topliss-reactive ketones (excluding diaryl/α,β-unsaturated/α-hetero) is 2. The van der Waals surface area contributed by atoms with E-state index in [1.165, 1.54) is 26.4 Å². The van der Waals surface area contributed by atoms with E-state index in [4.69, 9.17) is 14.2 Å². The molecule has 0 aliphatic heterocycles. The predicted molar refractivity (Wildman–Crippen MR) is 186 cm³/mol. The molecule has 0 radical (unpaired) electrons. The normalized spacial score (nSPS) is 48.1. The van der Waals surface area contributed by atoms with E-state index in [0.29, 0.717) is 38.5 Å². The molecule has 6 aliphatic rings. The molecule has 10 heteroatoms. The predicted octanol–water partition coefficient (Wildman–Crippen LogP) is 5.17. The maximum Gasteiger partial charge on any atom is 0.330 e. The molecule has 6 fully saturated rings. The van der Waals surface area contributed by atoms with Gasteiger partial charge in [0.1, 0.15) is 18.3 Å². The number of allylic oxidation sites excluding steroid dienone is 2. The van der Waals surface area contributed by atoms with Crippen LogP contribution in [0.3, 0.4) is 0 Å². The second-order valence-corrected chi connectivity index (χ2v) is 17.7. The fourth-order valence-electron chi connectivity index (χ4n) is 13.1. The van der Waals surface area contributed by atoms with Crippen LogP contribution in [0.2, 0.25) is 0 Å². The van der Waals surface area contributed by atoms with Gasteiger partial charge >= 0.3 is 17.9 Å². The third-order valence-corrected chi connectivity index (χ3v) is 15.6. The van der Waals surface area contributed by atoms with Gasteiger partial charge in [-0.05, 0) is 92.8 Å². The summed E-state index contributed by atoms with van der Waals surface area (Å²) in [5.41, 5.74) is -0.0919. The van der Waals surface area contributed by atoms with Gasteiger partial charge in [0.05, 0.1) is 19.6 Å². The lowest BCUT2D eigenvalue weighted by atomic mass is 9.42. The first kappa shape index (κ1) is 37.9. The molecule has 15 atom stereocenters. The van der Waals surface area contributed by atoms with Crippen LogP contribution < -0.4 is 0 Å². The number of rotatable bonds is 4. The number of methoxy groups -OCH3 is 2. The number of aliphatic hydroxyl groups is 2. The van der Waals surface area contributed by atoms with Gasteiger partial charge < -0.3 is 24.4 Å². The van der Waals surface area contributed by atoms with Crippen molar-refractivity contribution < 1.29 is 48.4 Å². The Balaban J connectivity index is 1.17. The second kappa shape index (κ2) is 13.5. The molecular formula is C41H58O10. The standard InChI is InChI=1S/C41H58O10/c1-20-23(18-28(42)49-7)10-12-25-30(20)33(44)35(46)32-22(3)27(14-17-39(25,32)4)51-29(43)19-24-11-13-26-31(21(24)2)34(45)36(47)37-40(26,5)15-9-16-41(37,6)38(48)50-8/h18-22,25-27,30-34,37,44-45H,9-17H2,1-8H3/b23-18+,24-19+/t20-,21-,22+,25-,26-,27-,30-,31-,32?,33+,34+,37?,39+,40+,41-/m0/s1. The van der Waals surface area contributed by atoms with Gasteiger partial charge in [0, 0.05) is 41.7 Å². The Morgan fingerprint density at radius 3 is 1.84 bits per heavy atom. The summed E-state index contributed by atoms with van der Waals surface area (Å²) in [7, 11) is 2.69. The van der Waals surface area contributed by atoms with Crippen molar-refractivity contribution in [2.75, 3.05) is 14.2 Å². The number of hydrogen-bond acceptors (Lipinski definition) is 10. The summed E-state index contributed by atoms with van der Waals surface area (Å²) >= 11 is 0. The highest BCUT2D eigenvalue weighted by Crippen LogP contribution is 2.65. The first-order valence-corrected chi connectivity index (χ1v) is 19.2. The Hall–Kier alpha value is -2.85.